The number of para-hydroxylation sites is 1. The van der Waals surface area contributed by atoms with Crippen LogP contribution in [0, 0.1) is 6.92 Å². The summed E-state index contributed by atoms with van der Waals surface area (Å²) in [5.41, 5.74) is 1.12. The minimum absolute atomic E-state index is 0.163. The minimum Gasteiger partial charge on any atom is -0.455 e. The fourth-order valence-corrected chi connectivity index (χ4v) is 3.65. The SMILES string of the molecule is Cc1ccc(-n2nc(C(F)(F)F)cc2NC(=O)Nc2cccc(Oc3cccc4[nH]c(=O)[nH]c34)c2)cc1. The first-order valence-electron chi connectivity index (χ1n) is 11.0. The second kappa shape index (κ2) is 9.22. The van der Waals surface area contributed by atoms with E-state index in [1.165, 1.54) is 6.07 Å². The Kier molecular flexibility index (Phi) is 5.91. The van der Waals surface area contributed by atoms with Crippen molar-refractivity contribution in [1.82, 2.24) is 19.7 Å². The quantitative estimate of drug-likeness (QED) is 0.240. The summed E-state index contributed by atoms with van der Waals surface area (Å²) in [7, 11) is 0. The summed E-state index contributed by atoms with van der Waals surface area (Å²) in [6.45, 7) is 1.84. The zero-order valence-corrected chi connectivity index (χ0v) is 19.2. The van der Waals surface area contributed by atoms with E-state index in [1.54, 1.807) is 60.7 Å². The van der Waals surface area contributed by atoms with E-state index < -0.39 is 17.9 Å². The lowest BCUT2D eigenvalue weighted by Gasteiger charge is -2.12. The molecule has 5 rings (SSSR count). The number of benzene rings is 3. The monoisotopic (exact) mass is 508 g/mol. The highest BCUT2D eigenvalue weighted by atomic mass is 19.4. The summed E-state index contributed by atoms with van der Waals surface area (Å²) in [5, 5.41) is 8.63. The van der Waals surface area contributed by atoms with Crippen LogP contribution in [0.15, 0.2) is 77.6 Å². The summed E-state index contributed by atoms with van der Waals surface area (Å²) < 4.78 is 46.9. The molecule has 5 aromatic rings. The maximum atomic E-state index is 13.3. The molecule has 9 nitrogen and oxygen atoms in total. The van der Waals surface area contributed by atoms with Crippen LogP contribution in [-0.4, -0.2) is 25.8 Å². The average Bonchev–Trinajstić information content (AvgIpc) is 3.43. The maximum absolute atomic E-state index is 13.3. The summed E-state index contributed by atoms with van der Waals surface area (Å²) in [4.78, 5) is 29.6. The molecule has 0 saturated carbocycles. The van der Waals surface area contributed by atoms with Gasteiger partial charge in [-0.2, -0.15) is 18.3 Å². The fraction of sp³-hybridized carbons (Fsp3) is 0.0800. The van der Waals surface area contributed by atoms with Gasteiger partial charge in [0, 0.05) is 17.8 Å². The third-order valence-corrected chi connectivity index (χ3v) is 5.35. The number of H-pyrrole nitrogens is 2. The van der Waals surface area contributed by atoms with Gasteiger partial charge in [0.15, 0.2) is 11.4 Å². The van der Waals surface area contributed by atoms with Crippen LogP contribution < -0.4 is 21.1 Å². The Labute approximate surface area is 206 Å². The number of carbonyl (C=O) groups is 1. The van der Waals surface area contributed by atoms with Gasteiger partial charge in [-0.1, -0.05) is 29.8 Å². The number of nitrogens with zero attached hydrogens (tertiary/aromatic N) is 2. The molecule has 37 heavy (non-hydrogen) atoms. The van der Waals surface area contributed by atoms with Crippen LogP contribution in [0.4, 0.5) is 29.5 Å². The number of carbonyl (C=O) groups excluding carboxylic acids is 1. The van der Waals surface area contributed by atoms with Gasteiger partial charge in [0.1, 0.15) is 17.1 Å². The molecule has 12 heteroatoms. The summed E-state index contributed by atoms with van der Waals surface area (Å²) in [6.07, 6.45) is -4.69. The van der Waals surface area contributed by atoms with Crippen molar-refractivity contribution in [1.29, 1.82) is 0 Å². The summed E-state index contributed by atoms with van der Waals surface area (Å²) in [5.74, 6) is 0.583. The van der Waals surface area contributed by atoms with Gasteiger partial charge < -0.3 is 20.0 Å². The molecule has 0 radical (unpaired) electrons. The molecular weight excluding hydrogens is 489 g/mol. The van der Waals surface area contributed by atoms with Crippen LogP contribution in [0.2, 0.25) is 0 Å². The topological polar surface area (TPSA) is 117 Å². The normalized spacial score (nSPS) is 11.5. The van der Waals surface area contributed by atoms with E-state index in [-0.39, 0.29) is 11.5 Å². The first kappa shape index (κ1) is 23.7. The second-order valence-corrected chi connectivity index (χ2v) is 8.13. The summed E-state index contributed by atoms with van der Waals surface area (Å²) in [6, 6.07) is 18.1. The molecule has 188 valence electrons. The Morgan fingerprint density at radius 2 is 1.73 bits per heavy atom. The number of hydrogen-bond acceptors (Lipinski definition) is 4. The number of halogens is 3. The van der Waals surface area contributed by atoms with Crippen molar-refractivity contribution in [2.24, 2.45) is 0 Å². The van der Waals surface area contributed by atoms with Crippen molar-refractivity contribution < 1.29 is 22.7 Å². The first-order chi connectivity index (χ1) is 17.7. The number of anilines is 2. The van der Waals surface area contributed by atoms with E-state index in [1.807, 2.05) is 6.92 Å². The van der Waals surface area contributed by atoms with E-state index in [0.717, 1.165) is 16.3 Å². The number of aromatic amines is 2. The number of urea groups is 1. The number of imidazole rings is 1. The molecule has 2 heterocycles. The third kappa shape index (κ3) is 5.17. The molecule has 0 bridgehead atoms. The smallest absolute Gasteiger partial charge is 0.435 e. The van der Waals surface area contributed by atoms with Gasteiger partial charge >= 0.3 is 17.9 Å². The van der Waals surface area contributed by atoms with Crippen LogP contribution in [0.3, 0.4) is 0 Å². The van der Waals surface area contributed by atoms with Crippen molar-refractivity contribution in [3.8, 4) is 17.2 Å². The summed E-state index contributed by atoms with van der Waals surface area (Å²) >= 11 is 0. The van der Waals surface area contributed by atoms with E-state index in [0.29, 0.717) is 33.9 Å². The Balaban J connectivity index is 1.36. The van der Waals surface area contributed by atoms with Crippen LogP contribution in [0.25, 0.3) is 16.7 Å². The first-order valence-corrected chi connectivity index (χ1v) is 11.0. The number of rotatable bonds is 5. The van der Waals surface area contributed by atoms with Crippen molar-refractivity contribution in [3.05, 3.63) is 94.5 Å². The predicted octanol–water partition coefficient (Wildman–Crippen LogP) is 5.81. The van der Waals surface area contributed by atoms with Crippen molar-refractivity contribution in [2.75, 3.05) is 10.6 Å². The van der Waals surface area contributed by atoms with Gasteiger partial charge in [-0.3, -0.25) is 5.32 Å². The zero-order valence-electron chi connectivity index (χ0n) is 19.2. The largest absolute Gasteiger partial charge is 0.455 e. The van der Waals surface area contributed by atoms with Gasteiger partial charge in [-0.05, 0) is 43.3 Å². The van der Waals surface area contributed by atoms with Gasteiger partial charge in [-0.25, -0.2) is 14.3 Å². The molecule has 0 unspecified atom stereocenters. The molecule has 0 aliphatic heterocycles. The second-order valence-electron chi connectivity index (χ2n) is 8.13. The molecule has 0 fully saturated rings. The van der Waals surface area contributed by atoms with Crippen LogP contribution in [-0.2, 0) is 6.18 Å². The molecule has 4 N–H and O–H groups in total. The van der Waals surface area contributed by atoms with E-state index >= 15 is 0 Å². The lowest BCUT2D eigenvalue weighted by molar-refractivity contribution is -0.141. The molecule has 3 aromatic carbocycles. The highest BCUT2D eigenvalue weighted by Crippen LogP contribution is 2.32. The van der Waals surface area contributed by atoms with E-state index in [9.17, 15) is 22.8 Å². The molecule has 0 aliphatic rings. The maximum Gasteiger partial charge on any atom is 0.435 e. The zero-order chi connectivity index (χ0) is 26.2. The molecular formula is C25H19F3N6O3. The Morgan fingerprint density at radius 3 is 2.49 bits per heavy atom. The number of alkyl halides is 3. The number of ether oxygens (including phenoxy) is 1. The molecule has 0 aliphatic carbocycles. The Bertz CT molecular complexity index is 1650. The number of nitrogens with one attached hydrogen (secondary N) is 4. The van der Waals surface area contributed by atoms with E-state index in [2.05, 4.69) is 25.7 Å². The van der Waals surface area contributed by atoms with Gasteiger partial charge in [0.2, 0.25) is 0 Å². The van der Waals surface area contributed by atoms with Crippen molar-refractivity contribution >= 4 is 28.6 Å². The predicted molar refractivity (Wildman–Crippen MR) is 131 cm³/mol. The number of fused-ring (bicyclic) bond motifs is 1. The number of hydrogen-bond donors (Lipinski definition) is 4. The Morgan fingerprint density at radius 1 is 0.973 bits per heavy atom. The number of aryl methyl sites for hydroxylation is 1. The van der Waals surface area contributed by atoms with Crippen molar-refractivity contribution in [3.63, 3.8) is 0 Å². The molecule has 2 amide bonds. The van der Waals surface area contributed by atoms with Crippen LogP contribution in [0.5, 0.6) is 11.5 Å². The highest BCUT2D eigenvalue weighted by molar-refractivity contribution is 5.99. The van der Waals surface area contributed by atoms with Gasteiger partial charge in [-0.15, -0.1) is 0 Å². The number of amides is 2. The van der Waals surface area contributed by atoms with Crippen LogP contribution >= 0.6 is 0 Å². The molecule has 0 saturated heterocycles. The Hall–Kier alpha value is -5.00. The van der Waals surface area contributed by atoms with E-state index in [4.69, 9.17) is 4.74 Å². The third-order valence-electron chi connectivity index (χ3n) is 5.35. The van der Waals surface area contributed by atoms with Gasteiger partial charge in [0.05, 0.1) is 11.2 Å². The minimum atomic E-state index is -4.69. The molecule has 0 spiro atoms. The lowest BCUT2D eigenvalue weighted by Crippen LogP contribution is -2.21. The van der Waals surface area contributed by atoms with Crippen LogP contribution in [0.1, 0.15) is 11.3 Å². The number of aromatic nitrogens is 4. The average molecular weight is 508 g/mol. The van der Waals surface area contributed by atoms with Gasteiger partial charge in [0.25, 0.3) is 0 Å². The lowest BCUT2D eigenvalue weighted by atomic mass is 10.2. The highest BCUT2D eigenvalue weighted by Gasteiger charge is 2.35. The fourth-order valence-electron chi connectivity index (χ4n) is 3.65. The van der Waals surface area contributed by atoms with Crippen molar-refractivity contribution in [2.45, 2.75) is 13.1 Å². The standard InChI is InChI=1S/C25H19F3N6O3/c1-14-8-10-16(11-9-14)34-21(13-20(33-34)25(26,27)28)31-23(35)29-15-4-2-5-17(12-15)37-19-7-3-6-18-22(19)32-24(36)30-18/h2-13H,1H3,(H2,29,31,35)(H2,30,32,36). The molecule has 2 aromatic heterocycles. The molecule has 0 atom stereocenters.